The average Bonchev–Trinajstić information content (AvgIpc) is 2.59. The van der Waals surface area contributed by atoms with Gasteiger partial charge in [-0.15, -0.1) is 0 Å². The molecule has 22 heavy (non-hydrogen) atoms. The summed E-state index contributed by atoms with van der Waals surface area (Å²) >= 11 is 0. The summed E-state index contributed by atoms with van der Waals surface area (Å²) in [5, 5.41) is 8.25. The van der Waals surface area contributed by atoms with Crippen LogP contribution in [0.2, 0.25) is 0 Å². The van der Waals surface area contributed by atoms with Gasteiger partial charge in [-0.2, -0.15) is 0 Å². The van der Waals surface area contributed by atoms with Crippen molar-refractivity contribution in [1.82, 2.24) is 10.3 Å². The van der Waals surface area contributed by atoms with E-state index >= 15 is 0 Å². The smallest absolute Gasteiger partial charge is 0.121 e. The van der Waals surface area contributed by atoms with Crippen LogP contribution >= 0.6 is 0 Å². The van der Waals surface area contributed by atoms with Crippen LogP contribution in [-0.4, -0.2) is 31.2 Å². The molecule has 1 fully saturated rings. The van der Waals surface area contributed by atoms with E-state index in [1.165, 1.54) is 38.6 Å². The van der Waals surface area contributed by atoms with Crippen molar-refractivity contribution in [3.8, 4) is 5.75 Å². The molecule has 1 atom stereocenters. The lowest BCUT2D eigenvalue weighted by atomic mass is 10.0. The van der Waals surface area contributed by atoms with Crippen LogP contribution in [0.1, 0.15) is 32.1 Å². The summed E-state index contributed by atoms with van der Waals surface area (Å²) in [6, 6.07) is 8.80. The SMILES string of the molecule is COc1cc(NCCCC2CCCCN2)c2ncccc2c1. The lowest BCUT2D eigenvalue weighted by Crippen LogP contribution is -2.34. The Balaban J connectivity index is 1.60. The highest BCUT2D eigenvalue weighted by molar-refractivity contribution is 5.91. The second kappa shape index (κ2) is 7.45. The van der Waals surface area contributed by atoms with Gasteiger partial charge in [0.2, 0.25) is 0 Å². The first-order valence-electron chi connectivity index (χ1n) is 8.27. The van der Waals surface area contributed by atoms with Crippen molar-refractivity contribution in [1.29, 1.82) is 0 Å². The highest BCUT2D eigenvalue weighted by Gasteiger charge is 2.11. The van der Waals surface area contributed by atoms with E-state index in [9.17, 15) is 0 Å². The standard InChI is InChI=1S/C18H25N3O/c1-22-16-12-14-6-4-11-21-18(14)17(13-16)20-10-5-8-15-7-2-3-9-19-15/h4,6,11-13,15,19-20H,2-3,5,7-10H2,1H3. The van der Waals surface area contributed by atoms with Gasteiger partial charge in [-0.3, -0.25) is 4.98 Å². The highest BCUT2D eigenvalue weighted by Crippen LogP contribution is 2.27. The fraction of sp³-hybridized carbons (Fsp3) is 0.500. The van der Waals surface area contributed by atoms with Gasteiger partial charge < -0.3 is 15.4 Å². The molecule has 0 radical (unpaired) electrons. The number of rotatable bonds is 6. The van der Waals surface area contributed by atoms with Crippen LogP contribution in [-0.2, 0) is 0 Å². The van der Waals surface area contributed by atoms with Crippen LogP contribution in [0.15, 0.2) is 30.5 Å². The van der Waals surface area contributed by atoms with Gasteiger partial charge in [0, 0.05) is 30.2 Å². The molecule has 0 aliphatic carbocycles. The molecule has 0 bridgehead atoms. The molecule has 2 N–H and O–H groups in total. The van der Waals surface area contributed by atoms with Crippen molar-refractivity contribution in [3.63, 3.8) is 0 Å². The van der Waals surface area contributed by atoms with E-state index in [0.717, 1.165) is 28.9 Å². The quantitative estimate of drug-likeness (QED) is 0.800. The number of nitrogens with one attached hydrogen (secondary N) is 2. The van der Waals surface area contributed by atoms with Crippen LogP contribution in [0.5, 0.6) is 5.75 Å². The molecule has 1 saturated heterocycles. The Morgan fingerprint density at radius 1 is 1.36 bits per heavy atom. The van der Waals surface area contributed by atoms with Gasteiger partial charge in [-0.25, -0.2) is 0 Å². The zero-order valence-electron chi connectivity index (χ0n) is 13.3. The summed E-state index contributed by atoms with van der Waals surface area (Å²) in [6.45, 7) is 2.15. The lowest BCUT2D eigenvalue weighted by Gasteiger charge is -2.23. The normalized spacial score (nSPS) is 18.3. The maximum atomic E-state index is 5.39. The van der Waals surface area contributed by atoms with Crippen LogP contribution in [0.25, 0.3) is 10.9 Å². The maximum absolute atomic E-state index is 5.39. The molecule has 2 heterocycles. The number of fused-ring (bicyclic) bond motifs is 1. The van der Waals surface area contributed by atoms with E-state index in [4.69, 9.17) is 4.74 Å². The minimum Gasteiger partial charge on any atom is -0.497 e. The third-order valence-electron chi connectivity index (χ3n) is 4.37. The van der Waals surface area contributed by atoms with Crippen LogP contribution in [0.3, 0.4) is 0 Å². The zero-order chi connectivity index (χ0) is 15.2. The van der Waals surface area contributed by atoms with Crippen molar-refractivity contribution < 1.29 is 4.74 Å². The Morgan fingerprint density at radius 2 is 2.32 bits per heavy atom. The van der Waals surface area contributed by atoms with Crippen molar-refractivity contribution in [3.05, 3.63) is 30.5 Å². The van der Waals surface area contributed by atoms with Gasteiger partial charge in [0.15, 0.2) is 0 Å². The molecule has 1 aromatic carbocycles. The summed E-state index contributed by atoms with van der Waals surface area (Å²) in [7, 11) is 1.70. The van der Waals surface area contributed by atoms with Gasteiger partial charge in [0.1, 0.15) is 5.75 Å². The Bertz CT molecular complexity index is 608. The van der Waals surface area contributed by atoms with Gasteiger partial charge in [-0.05, 0) is 44.4 Å². The summed E-state index contributed by atoms with van der Waals surface area (Å²) in [6.07, 6.45) is 8.27. The molecule has 4 nitrogen and oxygen atoms in total. The zero-order valence-corrected chi connectivity index (χ0v) is 13.3. The number of anilines is 1. The molecule has 1 unspecified atom stereocenters. The third-order valence-corrected chi connectivity index (χ3v) is 4.37. The largest absolute Gasteiger partial charge is 0.497 e. The first-order chi connectivity index (χ1) is 10.9. The highest BCUT2D eigenvalue weighted by atomic mass is 16.5. The molecule has 1 aliphatic rings. The van der Waals surface area contributed by atoms with Gasteiger partial charge in [0.25, 0.3) is 0 Å². The van der Waals surface area contributed by atoms with Crippen molar-refractivity contribution in [2.45, 2.75) is 38.1 Å². The monoisotopic (exact) mass is 299 g/mol. The molecule has 118 valence electrons. The predicted octanol–water partition coefficient (Wildman–Crippen LogP) is 3.58. The molecule has 2 aromatic rings. The minimum atomic E-state index is 0.704. The van der Waals surface area contributed by atoms with Crippen LogP contribution in [0, 0.1) is 0 Å². The Kier molecular flexibility index (Phi) is 5.11. The van der Waals surface area contributed by atoms with E-state index in [1.54, 1.807) is 7.11 Å². The maximum Gasteiger partial charge on any atom is 0.121 e. The molecule has 1 aliphatic heterocycles. The molecule has 1 aromatic heterocycles. The number of pyridine rings is 1. The van der Waals surface area contributed by atoms with Gasteiger partial charge in [0.05, 0.1) is 18.3 Å². The van der Waals surface area contributed by atoms with Gasteiger partial charge in [-0.1, -0.05) is 12.5 Å². The fourth-order valence-electron chi connectivity index (χ4n) is 3.16. The first-order valence-corrected chi connectivity index (χ1v) is 8.27. The summed E-state index contributed by atoms with van der Waals surface area (Å²) in [5.41, 5.74) is 2.07. The van der Waals surface area contributed by atoms with E-state index in [-0.39, 0.29) is 0 Å². The summed E-state index contributed by atoms with van der Waals surface area (Å²) in [5.74, 6) is 0.872. The van der Waals surface area contributed by atoms with Crippen LogP contribution < -0.4 is 15.4 Å². The van der Waals surface area contributed by atoms with Gasteiger partial charge >= 0.3 is 0 Å². The predicted molar refractivity (Wildman–Crippen MR) is 91.7 cm³/mol. The molecule has 0 spiro atoms. The molecular weight excluding hydrogens is 274 g/mol. The molecule has 3 rings (SSSR count). The minimum absolute atomic E-state index is 0.704. The number of ether oxygens (including phenoxy) is 1. The van der Waals surface area contributed by atoms with E-state index in [1.807, 2.05) is 24.4 Å². The average molecular weight is 299 g/mol. The third kappa shape index (κ3) is 3.69. The molecule has 0 amide bonds. The Morgan fingerprint density at radius 3 is 3.14 bits per heavy atom. The summed E-state index contributed by atoms with van der Waals surface area (Å²) < 4.78 is 5.39. The number of nitrogens with zero attached hydrogens (tertiary/aromatic N) is 1. The lowest BCUT2D eigenvalue weighted by molar-refractivity contribution is 0.378. The number of methoxy groups -OCH3 is 1. The topological polar surface area (TPSA) is 46.2 Å². The number of hydrogen-bond acceptors (Lipinski definition) is 4. The first kappa shape index (κ1) is 15.1. The van der Waals surface area contributed by atoms with E-state index < -0.39 is 0 Å². The molecule has 4 heteroatoms. The second-order valence-electron chi connectivity index (χ2n) is 5.97. The van der Waals surface area contributed by atoms with Crippen LogP contribution in [0.4, 0.5) is 5.69 Å². The molecule has 0 saturated carbocycles. The summed E-state index contributed by atoms with van der Waals surface area (Å²) in [4.78, 5) is 4.49. The van der Waals surface area contributed by atoms with E-state index in [0.29, 0.717) is 6.04 Å². The number of aromatic nitrogens is 1. The van der Waals surface area contributed by atoms with Crippen molar-refractivity contribution in [2.75, 3.05) is 25.5 Å². The fourth-order valence-corrected chi connectivity index (χ4v) is 3.16. The van der Waals surface area contributed by atoms with Crippen molar-refractivity contribution >= 4 is 16.6 Å². The second-order valence-corrected chi connectivity index (χ2v) is 5.97. The van der Waals surface area contributed by atoms with Crippen molar-refractivity contribution in [2.24, 2.45) is 0 Å². The Labute approximate surface area is 132 Å². The van der Waals surface area contributed by atoms with E-state index in [2.05, 4.69) is 21.7 Å². The number of piperidine rings is 1. The molecular formula is C18H25N3O. The number of benzene rings is 1. The number of hydrogen-bond donors (Lipinski definition) is 2. The Hall–Kier alpha value is -1.81.